The lowest BCUT2D eigenvalue weighted by Crippen LogP contribution is -2.50. The van der Waals surface area contributed by atoms with Gasteiger partial charge in [-0.1, -0.05) is 43.4 Å². The van der Waals surface area contributed by atoms with Gasteiger partial charge in [0.2, 0.25) is 0 Å². The summed E-state index contributed by atoms with van der Waals surface area (Å²) in [6.45, 7) is 4.71. The highest BCUT2D eigenvalue weighted by Gasteiger charge is 2.29. The van der Waals surface area contributed by atoms with Crippen LogP contribution in [0.4, 0.5) is 5.69 Å². The van der Waals surface area contributed by atoms with Crippen molar-refractivity contribution in [1.82, 2.24) is 0 Å². The van der Waals surface area contributed by atoms with Gasteiger partial charge in [-0.3, -0.25) is 4.79 Å². The molecule has 2 nitrogen and oxygen atoms in total. The zero-order valence-corrected chi connectivity index (χ0v) is 18.2. The monoisotopic (exact) mass is 397 g/mol. The van der Waals surface area contributed by atoms with E-state index in [4.69, 9.17) is 0 Å². The number of hydrogen-bond donors (Lipinski definition) is 0. The Hall–Kier alpha value is -1.95. The van der Waals surface area contributed by atoms with Gasteiger partial charge < -0.3 is 4.90 Å². The molecule has 2 aromatic heterocycles. The Morgan fingerprint density at radius 2 is 1.38 bits per heavy atom. The van der Waals surface area contributed by atoms with Crippen molar-refractivity contribution >= 4 is 63.9 Å². The van der Waals surface area contributed by atoms with Crippen molar-refractivity contribution in [3.63, 3.8) is 0 Å². The lowest BCUT2D eigenvalue weighted by molar-refractivity contribution is 0.112. The maximum Gasteiger partial charge on any atom is 0.159 e. The number of aldehydes is 1. The summed E-state index contributed by atoms with van der Waals surface area (Å²) < 4.78 is 2.80. The summed E-state index contributed by atoms with van der Waals surface area (Å²) in [5.41, 5.74) is 2.41. The molecule has 0 atom stereocenters. The Kier molecular flexibility index (Phi) is 5.60. The van der Waals surface area contributed by atoms with Gasteiger partial charge in [-0.25, -0.2) is 0 Å². The van der Waals surface area contributed by atoms with Crippen molar-refractivity contribution in [1.29, 1.82) is 0 Å². The van der Waals surface area contributed by atoms with Crippen molar-refractivity contribution in [2.75, 3.05) is 19.0 Å². The number of rotatable bonds is 6. The molecule has 0 aliphatic rings. The Balaban J connectivity index is 1.77. The van der Waals surface area contributed by atoms with Crippen LogP contribution < -0.4 is 13.9 Å². The first-order valence-corrected chi connectivity index (χ1v) is 13.1. The minimum atomic E-state index is -1.72. The van der Waals surface area contributed by atoms with Crippen molar-refractivity contribution in [2.24, 2.45) is 0 Å². The fourth-order valence-corrected chi connectivity index (χ4v) is 8.79. The number of benzene rings is 1. The molecule has 134 valence electrons. The highest BCUT2D eigenvalue weighted by molar-refractivity contribution is 7.37. The minimum absolute atomic E-state index is 0.818. The number of thiophene rings is 2. The minimum Gasteiger partial charge on any atom is -0.378 e. The molecule has 0 saturated heterocycles. The van der Waals surface area contributed by atoms with E-state index in [2.05, 4.69) is 86.7 Å². The Labute approximate surface area is 164 Å². The molecule has 3 rings (SSSR count). The first-order valence-electron chi connectivity index (χ1n) is 8.51. The van der Waals surface area contributed by atoms with Crippen LogP contribution in [0.3, 0.4) is 0 Å². The van der Waals surface area contributed by atoms with Crippen LogP contribution in [0.25, 0.3) is 12.2 Å². The molecule has 0 unspecified atom stereocenters. The third-order valence-corrected chi connectivity index (χ3v) is 12.6. The van der Waals surface area contributed by atoms with Gasteiger partial charge in [0.25, 0.3) is 0 Å². The summed E-state index contributed by atoms with van der Waals surface area (Å²) >= 11 is 3.50. The number of nitrogens with zero attached hydrogens (tertiary/aromatic N) is 1. The SMILES string of the molecule is CN(C)c1ccc(/C=C/c2ccc([Si](C)(C)c3ccc(C=O)s3)s2)cc1. The maximum absolute atomic E-state index is 11.0. The van der Waals surface area contributed by atoms with Gasteiger partial charge >= 0.3 is 0 Å². The average Bonchev–Trinajstić information content (AvgIpc) is 3.30. The Morgan fingerprint density at radius 3 is 1.92 bits per heavy atom. The molecule has 0 saturated carbocycles. The summed E-state index contributed by atoms with van der Waals surface area (Å²) in [4.78, 5) is 15.2. The van der Waals surface area contributed by atoms with E-state index < -0.39 is 8.07 Å². The number of carbonyl (C=O) groups is 1. The number of hydrogen-bond acceptors (Lipinski definition) is 4. The van der Waals surface area contributed by atoms with Crippen LogP contribution in [0.5, 0.6) is 0 Å². The van der Waals surface area contributed by atoms with Crippen LogP contribution in [-0.2, 0) is 0 Å². The second-order valence-electron chi connectivity index (χ2n) is 6.97. The van der Waals surface area contributed by atoms with E-state index >= 15 is 0 Å². The quantitative estimate of drug-likeness (QED) is 0.445. The molecule has 0 amide bonds. The first kappa shape index (κ1) is 18.8. The van der Waals surface area contributed by atoms with E-state index in [-0.39, 0.29) is 0 Å². The van der Waals surface area contributed by atoms with E-state index in [0.29, 0.717) is 0 Å². The van der Waals surface area contributed by atoms with Crippen LogP contribution in [-0.4, -0.2) is 28.5 Å². The van der Waals surface area contributed by atoms with Crippen molar-refractivity contribution in [3.8, 4) is 0 Å². The van der Waals surface area contributed by atoms with Crippen molar-refractivity contribution in [3.05, 3.63) is 63.8 Å². The largest absolute Gasteiger partial charge is 0.378 e. The molecule has 2 heterocycles. The lowest BCUT2D eigenvalue weighted by Gasteiger charge is -2.18. The van der Waals surface area contributed by atoms with Gasteiger partial charge in [0, 0.05) is 24.7 Å². The number of anilines is 1. The standard InChI is InChI=1S/C21H23NOS2Si/c1-22(2)17-8-5-16(6-9-17)7-10-18-11-13-20(24-18)26(3,4)21-14-12-19(15-23)25-21/h5-15H,1-4H3/b10-7+. The summed E-state index contributed by atoms with van der Waals surface area (Å²) in [6, 6.07) is 17.1. The van der Waals surface area contributed by atoms with Crippen LogP contribution in [0, 0.1) is 0 Å². The zero-order valence-electron chi connectivity index (χ0n) is 15.5. The fourth-order valence-electron chi connectivity index (χ4n) is 2.71. The molecule has 26 heavy (non-hydrogen) atoms. The summed E-state index contributed by atoms with van der Waals surface area (Å²) in [5.74, 6) is 0. The van der Waals surface area contributed by atoms with E-state index in [9.17, 15) is 4.79 Å². The van der Waals surface area contributed by atoms with Crippen LogP contribution in [0.2, 0.25) is 13.1 Å². The van der Waals surface area contributed by atoms with Gasteiger partial charge in [-0.15, -0.1) is 22.7 Å². The molecule has 3 aromatic rings. The molecule has 0 aliphatic heterocycles. The Morgan fingerprint density at radius 1 is 0.808 bits per heavy atom. The summed E-state index contributed by atoms with van der Waals surface area (Å²) in [5, 5.41) is 0. The Bertz CT molecular complexity index is 920. The summed E-state index contributed by atoms with van der Waals surface area (Å²) in [6.07, 6.45) is 5.30. The van der Waals surface area contributed by atoms with Crippen LogP contribution >= 0.6 is 22.7 Å². The highest BCUT2D eigenvalue weighted by Crippen LogP contribution is 2.20. The van der Waals surface area contributed by atoms with Crippen LogP contribution in [0.1, 0.15) is 20.1 Å². The van der Waals surface area contributed by atoms with Crippen molar-refractivity contribution < 1.29 is 4.79 Å². The van der Waals surface area contributed by atoms with E-state index in [1.54, 1.807) is 11.3 Å². The predicted octanol–water partition coefficient (Wildman–Crippen LogP) is 4.68. The van der Waals surface area contributed by atoms with Crippen LogP contribution in [0.15, 0.2) is 48.5 Å². The van der Waals surface area contributed by atoms with Crippen molar-refractivity contribution in [2.45, 2.75) is 13.1 Å². The molecule has 0 N–H and O–H groups in total. The first-order chi connectivity index (χ1) is 12.4. The van der Waals surface area contributed by atoms with Gasteiger partial charge in [0.05, 0.1) is 4.88 Å². The third-order valence-electron chi connectivity index (χ3n) is 4.45. The second-order valence-corrected chi connectivity index (χ2v) is 14.2. The van der Waals surface area contributed by atoms with E-state index in [1.807, 2.05) is 17.4 Å². The number of carbonyl (C=O) groups excluding carboxylic acids is 1. The molecule has 1 aromatic carbocycles. The zero-order chi connectivity index (χ0) is 18.7. The fraction of sp³-hybridized carbons (Fsp3) is 0.190. The van der Waals surface area contributed by atoms with Gasteiger partial charge in [0.1, 0.15) is 8.07 Å². The van der Waals surface area contributed by atoms with Gasteiger partial charge in [-0.2, -0.15) is 0 Å². The van der Waals surface area contributed by atoms with E-state index in [0.717, 1.165) is 11.2 Å². The predicted molar refractivity (Wildman–Crippen MR) is 120 cm³/mol. The average molecular weight is 398 g/mol. The maximum atomic E-state index is 11.0. The molecule has 0 spiro atoms. The molecule has 0 bridgehead atoms. The molecule has 0 fully saturated rings. The smallest absolute Gasteiger partial charge is 0.159 e. The lowest BCUT2D eigenvalue weighted by atomic mass is 10.2. The summed E-state index contributed by atoms with van der Waals surface area (Å²) in [7, 11) is 2.38. The molecule has 0 aliphatic carbocycles. The highest BCUT2D eigenvalue weighted by atomic mass is 32.1. The second kappa shape index (κ2) is 7.74. The third kappa shape index (κ3) is 4.06. The topological polar surface area (TPSA) is 20.3 Å². The molecule has 0 radical (unpaired) electrons. The normalized spacial score (nSPS) is 11.8. The van der Waals surface area contributed by atoms with E-state index in [1.165, 1.54) is 25.1 Å². The molecular weight excluding hydrogens is 374 g/mol. The molecule has 5 heteroatoms. The molecular formula is C21H23NOS2Si. The van der Waals surface area contributed by atoms with Gasteiger partial charge in [0.15, 0.2) is 6.29 Å². The van der Waals surface area contributed by atoms with Gasteiger partial charge in [-0.05, 0) is 44.9 Å².